The van der Waals surface area contributed by atoms with Gasteiger partial charge in [-0.25, -0.2) is 4.39 Å². The number of benzene rings is 3. The van der Waals surface area contributed by atoms with Crippen LogP contribution in [-0.2, 0) is 0 Å². The molecule has 5 aromatic rings. The molecule has 3 aromatic carbocycles. The number of para-hydroxylation sites is 1. The highest BCUT2D eigenvalue weighted by Crippen LogP contribution is 2.39. The summed E-state index contributed by atoms with van der Waals surface area (Å²) in [5, 5.41) is 3.54. The molecule has 0 aliphatic heterocycles. The van der Waals surface area contributed by atoms with Gasteiger partial charge in [-0.15, -0.1) is 0 Å². The first-order chi connectivity index (χ1) is 13.5. The molecule has 28 heavy (non-hydrogen) atoms. The molecule has 0 aliphatic carbocycles. The van der Waals surface area contributed by atoms with Gasteiger partial charge < -0.3 is 4.42 Å². The van der Waals surface area contributed by atoms with Crippen molar-refractivity contribution in [3.8, 4) is 11.3 Å². The van der Waals surface area contributed by atoms with E-state index < -0.39 is 0 Å². The molecule has 0 N–H and O–H groups in total. The second kappa shape index (κ2) is 6.16. The molecule has 2 aromatic heterocycles. The predicted molar refractivity (Wildman–Crippen MR) is 113 cm³/mol. The largest absolute Gasteiger partial charge is 0.455 e. The Morgan fingerprint density at radius 3 is 2.46 bits per heavy atom. The number of fused-ring (bicyclic) bond motifs is 4. The number of hydrogen-bond donors (Lipinski definition) is 0. The average molecular weight is 369 g/mol. The van der Waals surface area contributed by atoms with Crippen LogP contribution >= 0.6 is 0 Å². The third kappa shape index (κ3) is 2.50. The van der Waals surface area contributed by atoms with Crippen molar-refractivity contribution < 1.29 is 8.81 Å². The van der Waals surface area contributed by atoms with E-state index in [1.807, 2.05) is 30.3 Å². The minimum absolute atomic E-state index is 0.193. The Morgan fingerprint density at radius 2 is 1.64 bits per heavy atom. The van der Waals surface area contributed by atoms with Crippen molar-refractivity contribution in [3.63, 3.8) is 0 Å². The van der Waals surface area contributed by atoms with Crippen LogP contribution in [0.25, 0.3) is 44.0 Å². The van der Waals surface area contributed by atoms with Gasteiger partial charge in [0.25, 0.3) is 0 Å². The number of pyridine rings is 1. The summed E-state index contributed by atoms with van der Waals surface area (Å²) in [7, 11) is 0. The zero-order valence-corrected chi connectivity index (χ0v) is 16.1. The smallest absolute Gasteiger partial charge is 0.144 e. The molecule has 0 atom stereocenters. The number of aromatic nitrogens is 1. The van der Waals surface area contributed by atoms with E-state index >= 15 is 0 Å². The molecule has 0 radical (unpaired) electrons. The fraction of sp³-hybridized carbons (Fsp3) is 0.160. The maximum absolute atomic E-state index is 14.6. The minimum Gasteiger partial charge on any atom is -0.455 e. The fourth-order valence-corrected chi connectivity index (χ4v) is 3.91. The third-order valence-corrected chi connectivity index (χ3v) is 5.31. The molecule has 0 bridgehead atoms. The Morgan fingerprint density at radius 1 is 0.857 bits per heavy atom. The fourth-order valence-electron chi connectivity index (χ4n) is 3.91. The van der Waals surface area contributed by atoms with E-state index in [4.69, 9.17) is 9.40 Å². The Kier molecular flexibility index (Phi) is 3.73. The standard InChI is InChI=1S/C25H20FNO/c1-14(2)22-13-18-17(8-6-9-21(18)26)24(27-22)20-12-15(3)11-19-16-7-4-5-10-23(16)28-25(19)20/h4-14H,1-3H3. The van der Waals surface area contributed by atoms with Crippen molar-refractivity contribution in [3.05, 3.63) is 77.7 Å². The van der Waals surface area contributed by atoms with Crippen LogP contribution in [0.4, 0.5) is 4.39 Å². The van der Waals surface area contributed by atoms with Crippen LogP contribution in [0.15, 0.2) is 65.1 Å². The third-order valence-electron chi connectivity index (χ3n) is 5.31. The maximum Gasteiger partial charge on any atom is 0.144 e. The number of furan rings is 1. The van der Waals surface area contributed by atoms with Gasteiger partial charge in [0.15, 0.2) is 0 Å². The molecular formula is C25H20FNO. The zero-order chi connectivity index (χ0) is 19.4. The van der Waals surface area contributed by atoms with E-state index in [2.05, 4.69) is 39.0 Å². The first kappa shape index (κ1) is 16.9. The lowest BCUT2D eigenvalue weighted by Crippen LogP contribution is -1.98. The molecule has 0 aliphatic rings. The van der Waals surface area contributed by atoms with Gasteiger partial charge in [-0.2, -0.15) is 0 Å². The number of rotatable bonds is 2. The number of aryl methyl sites for hydroxylation is 1. The molecule has 0 saturated carbocycles. The Hall–Kier alpha value is -3.20. The molecule has 5 rings (SSSR count). The lowest BCUT2D eigenvalue weighted by molar-refractivity contribution is 0.639. The molecule has 138 valence electrons. The summed E-state index contributed by atoms with van der Waals surface area (Å²) >= 11 is 0. The highest BCUT2D eigenvalue weighted by atomic mass is 19.1. The van der Waals surface area contributed by atoms with Gasteiger partial charge in [-0.05, 0) is 48.7 Å². The van der Waals surface area contributed by atoms with Gasteiger partial charge in [0.05, 0.1) is 5.69 Å². The van der Waals surface area contributed by atoms with Gasteiger partial charge in [-0.1, -0.05) is 44.2 Å². The van der Waals surface area contributed by atoms with Crippen LogP contribution in [0.3, 0.4) is 0 Å². The van der Waals surface area contributed by atoms with Crippen LogP contribution < -0.4 is 0 Å². The van der Waals surface area contributed by atoms with E-state index in [-0.39, 0.29) is 11.7 Å². The zero-order valence-electron chi connectivity index (χ0n) is 16.1. The quantitative estimate of drug-likeness (QED) is 0.324. The predicted octanol–water partition coefficient (Wildman–Crippen LogP) is 7.37. The second-order valence-corrected chi connectivity index (χ2v) is 7.67. The lowest BCUT2D eigenvalue weighted by atomic mass is 9.97. The second-order valence-electron chi connectivity index (χ2n) is 7.67. The molecule has 0 amide bonds. The molecular weight excluding hydrogens is 349 g/mol. The monoisotopic (exact) mass is 369 g/mol. The maximum atomic E-state index is 14.6. The molecule has 0 spiro atoms. The van der Waals surface area contributed by atoms with Gasteiger partial charge >= 0.3 is 0 Å². The topological polar surface area (TPSA) is 26.0 Å². The highest BCUT2D eigenvalue weighted by molar-refractivity contribution is 6.11. The van der Waals surface area contributed by atoms with Crippen molar-refractivity contribution >= 4 is 32.7 Å². The SMILES string of the molecule is Cc1cc(-c2nc(C(C)C)cc3c(F)cccc23)c2oc3ccccc3c2c1. The van der Waals surface area contributed by atoms with Gasteiger partial charge in [0.2, 0.25) is 0 Å². The van der Waals surface area contributed by atoms with E-state index in [0.717, 1.165) is 49.8 Å². The molecule has 0 fully saturated rings. The number of nitrogens with zero attached hydrogens (tertiary/aromatic N) is 1. The molecule has 2 heterocycles. The number of halogens is 1. The summed E-state index contributed by atoms with van der Waals surface area (Å²) in [4.78, 5) is 4.95. The summed E-state index contributed by atoms with van der Waals surface area (Å²) in [5.74, 6) is -0.0321. The Balaban J connectivity index is 1.95. The summed E-state index contributed by atoms with van der Waals surface area (Å²) < 4.78 is 20.9. The van der Waals surface area contributed by atoms with E-state index in [9.17, 15) is 4.39 Å². The molecule has 0 saturated heterocycles. The lowest BCUT2D eigenvalue weighted by Gasteiger charge is -2.13. The van der Waals surface area contributed by atoms with Crippen LogP contribution in [0.5, 0.6) is 0 Å². The number of hydrogen-bond acceptors (Lipinski definition) is 2. The average Bonchev–Trinajstić information content (AvgIpc) is 3.05. The normalized spacial score (nSPS) is 11.9. The Labute approximate surface area is 162 Å². The van der Waals surface area contributed by atoms with Crippen LogP contribution in [-0.4, -0.2) is 4.98 Å². The van der Waals surface area contributed by atoms with Crippen molar-refractivity contribution in [1.82, 2.24) is 4.98 Å². The summed E-state index contributed by atoms with van der Waals surface area (Å²) in [5.41, 5.74) is 5.32. The van der Waals surface area contributed by atoms with Crippen LogP contribution in [0, 0.1) is 12.7 Å². The first-order valence-electron chi connectivity index (χ1n) is 9.54. The van der Waals surface area contributed by atoms with Crippen molar-refractivity contribution in [2.45, 2.75) is 26.7 Å². The van der Waals surface area contributed by atoms with Crippen LogP contribution in [0.2, 0.25) is 0 Å². The summed E-state index contributed by atoms with van der Waals surface area (Å²) in [6.45, 7) is 6.22. The van der Waals surface area contributed by atoms with Crippen molar-refractivity contribution in [2.75, 3.05) is 0 Å². The molecule has 0 unspecified atom stereocenters. The molecule has 3 heteroatoms. The molecule has 2 nitrogen and oxygen atoms in total. The van der Waals surface area contributed by atoms with Gasteiger partial charge in [-0.3, -0.25) is 4.98 Å². The van der Waals surface area contributed by atoms with Gasteiger partial charge in [0, 0.05) is 32.8 Å². The summed E-state index contributed by atoms with van der Waals surface area (Å²) in [6, 6.07) is 19.3. The minimum atomic E-state index is -0.225. The Bertz CT molecular complexity index is 1360. The first-order valence-corrected chi connectivity index (χ1v) is 9.54. The summed E-state index contributed by atoms with van der Waals surface area (Å²) in [6.07, 6.45) is 0. The van der Waals surface area contributed by atoms with Crippen LogP contribution in [0.1, 0.15) is 31.0 Å². The van der Waals surface area contributed by atoms with E-state index in [1.165, 1.54) is 6.07 Å². The van der Waals surface area contributed by atoms with E-state index in [1.54, 1.807) is 6.07 Å². The van der Waals surface area contributed by atoms with Gasteiger partial charge in [0.1, 0.15) is 17.0 Å². The highest BCUT2D eigenvalue weighted by Gasteiger charge is 2.18. The van der Waals surface area contributed by atoms with Crippen molar-refractivity contribution in [1.29, 1.82) is 0 Å². The van der Waals surface area contributed by atoms with E-state index in [0.29, 0.717) is 5.39 Å². The van der Waals surface area contributed by atoms with Crippen molar-refractivity contribution in [2.24, 2.45) is 0 Å².